The maximum atomic E-state index is 13.3. The van der Waals surface area contributed by atoms with Gasteiger partial charge in [0.15, 0.2) is 0 Å². The van der Waals surface area contributed by atoms with Crippen molar-refractivity contribution in [3.05, 3.63) is 66.0 Å². The van der Waals surface area contributed by atoms with Crippen molar-refractivity contribution in [2.45, 2.75) is 43.5 Å². The van der Waals surface area contributed by atoms with Crippen LogP contribution in [0, 0.1) is 5.82 Å². The number of unbranched alkanes of at least 4 members (excludes halogenated alkanes) is 1. The lowest BCUT2D eigenvalue weighted by atomic mass is 10.0. The maximum Gasteiger partial charge on any atom is 0.258 e. The number of amides is 2. The van der Waals surface area contributed by atoms with E-state index in [1.807, 2.05) is 12.1 Å². The molecule has 0 bridgehead atoms. The van der Waals surface area contributed by atoms with Gasteiger partial charge in [0.1, 0.15) is 11.9 Å². The van der Waals surface area contributed by atoms with Gasteiger partial charge in [-0.05, 0) is 61.7 Å². The lowest BCUT2D eigenvalue weighted by Crippen LogP contribution is -2.43. The molecule has 1 saturated heterocycles. The number of benzene rings is 3. The van der Waals surface area contributed by atoms with E-state index in [0.29, 0.717) is 30.6 Å². The van der Waals surface area contributed by atoms with Gasteiger partial charge < -0.3 is 10.2 Å². The van der Waals surface area contributed by atoms with Crippen LogP contribution in [-0.2, 0) is 14.8 Å². The summed E-state index contributed by atoms with van der Waals surface area (Å²) in [7, 11) is -3.96. The molecule has 1 unspecified atom stereocenters. The number of hydrogen-bond donors (Lipinski definition) is 1. The zero-order valence-electron chi connectivity index (χ0n) is 19.3. The molecular formula is C26H26FN3O4S. The minimum Gasteiger partial charge on any atom is -0.324 e. The summed E-state index contributed by atoms with van der Waals surface area (Å²) in [6.07, 6.45) is 2.79. The first-order chi connectivity index (χ1) is 16.8. The zero-order valence-corrected chi connectivity index (χ0v) is 20.1. The van der Waals surface area contributed by atoms with E-state index in [1.54, 1.807) is 23.1 Å². The number of carbonyl (C=O) groups is 2. The fourth-order valence-corrected chi connectivity index (χ4v) is 6.60. The van der Waals surface area contributed by atoms with E-state index in [1.165, 1.54) is 16.4 Å². The molecule has 182 valence electrons. The summed E-state index contributed by atoms with van der Waals surface area (Å²) < 4.78 is 40.8. The highest BCUT2D eigenvalue weighted by molar-refractivity contribution is 7.89. The summed E-state index contributed by atoms with van der Waals surface area (Å²) in [5.41, 5.74) is 1.96. The lowest BCUT2D eigenvalue weighted by molar-refractivity contribution is -0.119. The molecule has 2 heterocycles. The molecule has 35 heavy (non-hydrogen) atoms. The van der Waals surface area contributed by atoms with Gasteiger partial charge >= 0.3 is 0 Å². The molecule has 3 aromatic carbocycles. The Morgan fingerprint density at radius 2 is 1.89 bits per heavy atom. The van der Waals surface area contributed by atoms with Crippen LogP contribution in [-0.4, -0.2) is 43.7 Å². The zero-order chi connectivity index (χ0) is 24.7. The largest absolute Gasteiger partial charge is 0.324 e. The number of hydrogen-bond acceptors (Lipinski definition) is 4. The van der Waals surface area contributed by atoms with E-state index in [4.69, 9.17) is 0 Å². The molecular weight excluding hydrogens is 469 g/mol. The molecule has 0 radical (unpaired) electrons. The topological polar surface area (TPSA) is 86.8 Å². The molecule has 0 aromatic heterocycles. The van der Waals surface area contributed by atoms with Gasteiger partial charge in [-0.25, -0.2) is 12.8 Å². The van der Waals surface area contributed by atoms with Crippen molar-refractivity contribution in [3.8, 4) is 0 Å². The number of sulfonamides is 1. The molecule has 2 amide bonds. The average molecular weight is 496 g/mol. The Kier molecular flexibility index (Phi) is 6.06. The third-order valence-electron chi connectivity index (χ3n) is 6.70. The first-order valence-electron chi connectivity index (χ1n) is 11.8. The Labute approximate surface area is 203 Å². The SMILES string of the molecule is CCCCN1C(=O)c2cccc3c(NC(=O)C4CCCN4S(=O)(=O)c4ccc(F)cc4)ccc1c23. The van der Waals surface area contributed by atoms with Gasteiger partial charge in [0.25, 0.3) is 5.91 Å². The van der Waals surface area contributed by atoms with Crippen LogP contribution >= 0.6 is 0 Å². The Hall–Kier alpha value is -3.30. The highest BCUT2D eigenvalue weighted by Crippen LogP contribution is 2.41. The van der Waals surface area contributed by atoms with Crippen LogP contribution in [0.25, 0.3) is 10.8 Å². The first kappa shape index (κ1) is 23.4. The van der Waals surface area contributed by atoms with E-state index in [-0.39, 0.29) is 17.3 Å². The highest BCUT2D eigenvalue weighted by atomic mass is 32.2. The summed E-state index contributed by atoms with van der Waals surface area (Å²) in [5, 5.41) is 4.45. The van der Waals surface area contributed by atoms with E-state index in [9.17, 15) is 22.4 Å². The first-order valence-corrected chi connectivity index (χ1v) is 13.2. The van der Waals surface area contributed by atoms with Crippen LogP contribution in [0.3, 0.4) is 0 Å². The van der Waals surface area contributed by atoms with Crippen molar-refractivity contribution < 1.29 is 22.4 Å². The number of halogens is 1. The van der Waals surface area contributed by atoms with Gasteiger partial charge in [0, 0.05) is 35.1 Å². The third-order valence-corrected chi connectivity index (χ3v) is 8.63. The van der Waals surface area contributed by atoms with Crippen molar-refractivity contribution >= 4 is 44.0 Å². The van der Waals surface area contributed by atoms with Gasteiger partial charge in [0.2, 0.25) is 15.9 Å². The summed E-state index contributed by atoms with van der Waals surface area (Å²) in [4.78, 5) is 28.0. The van der Waals surface area contributed by atoms with Gasteiger partial charge in [-0.2, -0.15) is 4.31 Å². The molecule has 9 heteroatoms. The molecule has 7 nitrogen and oxygen atoms in total. The lowest BCUT2D eigenvalue weighted by Gasteiger charge is -2.24. The summed E-state index contributed by atoms with van der Waals surface area (Å²) >= 11 is 0. The predicted molar refractivity (Wildman–Crippen MR) is 132 cm³/mol. The Balaban J connectivity index is 1.44. The highest BCUT2D eigenvalue weighted by Gasteiger charge is 2.40. The maximum absolute atomic E-state index is 13.3. The molecule has 0 aliphatic carbocycles. The van der Waals surface area contributed by atoms with Crippen molar-refractivity contribution in [2.24, 2.45) is 0 Å². The smallest absolute Gasteiger partial charge is 0.258 e. The number of anilines is 2. The van der Waals surface area contributed by atoms with Gasteiger partial charge in [-0.3, -0.25) is 9.59 Å². The number of nitrogens with one attached hydrogen (secondary N) is 1. The number of nitrogens with zero attached hydrogens (tertiary/aromatic N) is 2. The normalized spacial score (nSPS) is 17.9. The number of carbonyl (C=O) groups excluding carboxylic acids is 2. The molecule has 2 aliphatic rings. The molecule has 1 N–H and O–H groups in total. The van der Waals surface area contributed by atoms with E-state index < -0.39 is 27.8 Å². The molecule has 5 rings (SSSR count). The average Bonchev–Trinajstić information content (AvgIpc) is 3.45. The number of rotatable bonds is 7. The van der Waals surface area contributed by atoms with Crippen LogP contribution < -0.4 is 10.2 Å². The van der Waals surface area contributed by atoms with E-state index in [0.717, 1.165) is 41.4 Å². The summed E-state index contributed by atoms with van der Waals surface area (Å²) in [5.74, 6) is -1.01. The van der Waals surface area contributed by atoms with Crippen molar-refractivity contribution in [2.75, 3.05) is 23.3 Å². The second-order valence-electron chi connectivity index (χ2n) is 8.89. The Bertz CT molecular complexity index is 1420. The fraction of sp³-hybridized carbons (Fsp3) is 0.308. The van der Waals surface area contributed by atoms with Crippen LogP contribution in [0.1, 0.15) is 43.0 Å². The summed E-state index contributed by atoms with van der Waals surface area (Å²) in [6, 6.07) is 12.8. The van der Waals surface area contributed by atoms with E-state index in [2.05, 4.69) is 12.2 Å². The van der Waals surface area contributed by atoms with Crippen molar-refractivity contribution in [1.29, 1.82) is 0 Å². The quantitative estimate of drug-likeness (QED) is 0.522. The monoisotopic (exact) mass is 495 g/mol. The van der Waals surface area contributed by atoms with Crippen molar-refractivity contribution in [3.63, 3.8) is 0 Å². The minimum absolute atomic E-state index is 0.0464. The second kappa shape index (κ2) is 9.05. The van der Waals surface area contributed by atoms with Gasteiger partial charge in [0.05, 0.1) is 10.6 Å². The van der Waals surface area contributed by atoms with Crippen LogP contribution in [0.2, 0.25) is 0 Å². The fourth-order valence-electron chi connectivity index (χ4n) is 4.94. The minimum atomic E-state index is -3.96. The molecule has 0 spiro atoms. The van der Waals surface area contributed by atoms with E-state index >= 15 is 0 Å². The van der Waals surface area contributed by atoms with Crippen LogP contribution in [0.4, 0.5) is 15.8 Å². The molecule has 0 saturated carbocycles. The standard InChI is InChI=1S/C26H26FN3O4S/c1-2-3-15-29-22-14-13-21(19-6-4-7-20(24(19)22)26(29)32)28-25(31)23-8-5-16-30(23)35(33,34)18-11-9-17(27)10-12-18/h4,6-7,9-14,23H,2-3,5,8,15-16H2,1H3,(H,28,31). The summed E-state index contributed by atoms with van der Waals surface area (Å²) in [6.45, 7) is 2.91. The Morgan fingerprint density at radius 1 is 1.11 bits per heavy atom. The molecule has 1 atom stereocenters. The predicted octanol–water partition coefficient (Wildman–Crippen LogP) is 4.53. The molecule has 3 aromatic rings. The third kappa shape index (κ3) is 3.98. The molecule has 2 aliphatic heterocycles. The second-order valence-corrected chi connectivity index (χ2v) is 10.8. The van der Waals surface area contributed by atoms with Crippen LogP contribution in [0.5, 0.6) is 0 Å². The molecule has 1 fully saturated rings. The Morgan fingerprint density at radius 3 is 2.63 bits per heavy atom. The van der Waals surface area contributed by atoms with Gasteiger partial charge in [-0.15, -0.1) is 0 Å². The van der Waals surface area contributed by atoms with Gasteiger partial charge in [-0.1, -0.05) is 25.5 Å². The van der Waals surface area contributed by atoms with Crippen LogP contribution in [0.15, 0.2) is 59.5 Å². The van der Waals surface area contributed by atoms with Crippen molar-refractivity contribution in [1.82, 2.24) is 4.31 Å².